The van der Waals surface area contributed by atoms with Crippen LogP contribution in [0.3, 0.4) is 0 Å². The van der Waals surface area contributed by atoms with Crippen molar-refractivity contribution in [1.82, 2.24) is 10.3 Å². The molecule has 4 aromatic rings. The number of carbonyl (C=O) groups excluding carboxylic acids is 1. The molecule has 3 heteroatoms. The highest BCUT2D eigenvalue weighted by Gasteiger charge is 2.25. The third-order valence-electron chi connectivity index (χ3n) is 5.36. The van der Waals surface area contributed by atoms with Gasteiger partial charge in [-0.15, -0.1) is 0 Å². The Morgan fingerprint density at radius 3 is 2.38 bits per heavy atom. The number of rotatable bonds is 7. The van der Waals surface area contributed by atoms with Crippen molar-refractivity contribution >= 4 is 16.7 Å². The van der Waals surface area contributed by atoms with E-state index in [0.717, 1.165) is 28.5 Å². The number of aromatic nitrogens is 1. The standard InChI is InChI=1S/C26H26N2O/c1-18-12-14-20(15-13-18)16-19(2)28-25(21-8-4-3-5-9-21)26(29)23-17-27-24-11-7-6-10-22(23)24/h3-15,17,19,25,27-28H,16H2,1-2H3/t19-,25+/m0/s1. The molecule has 29 heavy (non-hydrogen) atoms. The van der Waals surface area contributed by atoms with Crippen molar-refractivity contribution in [2.45, 2.75) is 32.4 Å². The van der Waals surface area contributed by atoms with Gasteiger partial charge in [-0.2, -0.15) is 0 Å². The minimum absolute atomic E-state index is 0.0874. The largest absolute Gasteiger partial charge is 0.360 e. The Morgan fingerprint density at radius 1 is 0.931 bits per heavy atom. The SMILES string of the molecule is Cc1ccc(C[C@H](C)N[C@@H](C(=O)c2c[nH]c3ccccc23)c2ccccc2)cc1. The number of aryl methyl sites for hydroxylation is 1. The van der Waals surface area contributed by atoms with Crippen LogP contribution in [0.1, 0.15) is 40.0 Å². The third-order valence-corrected chi connectivity index (χ3v) is 5.36. The van der Waals surface area contributed by atoms with Crippen molar-refractivity contribution in [2.24, 2.45) is 0 Å². The quantitative estimate of drug-likeness (QED) is 0.407. The van der Waals surface area contributed by atoms with Crippen molar-refractivity contribution < 1.29 is 4.79 Å². The van der Waals surface area contributed by atoms with Gasteiger partial charge in [-0.1, -0.05) is 78.4 Å². The van der Waals surface area contributed by atoms with Crippen LogP contribution in [-0.2, 0) is 6.42 Å². The smallest absolute Gasteiger partial charge is 0.186 e. The van der Waals surface area contributed by atoms with E-state index in [2.05, 4.69) is 48.4 Å². The molecule has 0 bridgehead atoms. The summed E-state index contributed by atoms with van der Waals surface area (Å²) in [6.07, 6.45) is 2.69. The molecule has 0 aliphatic heterocycles. The maximum atomic E-state index is 13.6. The molecule has 3 nitrogen and oxygen atoms in total. The first kappa shape index (κ1) is 19.2. The molecular weight excluding hydrogens is 356 g/mol. The Bertz CT molecular complexity index is 1100. The fourth-order valence-electron chi connectivity index (χ4n) is 3.82. The van der Waals surface area contributed by atoms with Crippen LogP contribution in [0, 0.1) is 6.92 Å². The van der Waals surface area contributed by atoms with E-state index in [-0.39, 0.29) is 11.8 Å². The summed E-state index contributed by atoms with van der Waals surface area (Å²) in [6.45, 7) is 4.23. The van der Waals surface area contributed by atoms with Crippen LogP contribution >= 0.6 is 0 Å². The summed E-state index contributed by atoms with van der Waals surface area (Å²) in [7, 11) is 0. The Balaban J connectivity index is 1.61. The second kappa shape index (κ2) is 8.46. The molecule has 1 aromatic heterocycles. The summed E-state index contributed by atoms with van der Waals surface area (Å²) < 4.78 is 0. The Hall–Kier alpha value is -3.17. The number of hydrogen-bond acceptors (Lipinski definition) is 2. The Kier molecular flexibility index (Phi) is 5.59. The molecule has 1 heterocycles. The highest BCUT2D eigenvalue weighted by molar-refractivity contribution is 6.10. The van der Waals surface area contributed by atoms with Gasteiger partial charge in [-0.25, -0.2) is 0 Å². The van der Waals surface area contributed by atoms with Crippen LogP contribution < -0.4 is 5.32 Å². The van der Waals surface area contributed by atoms with Gasteiger partial charge in [0.15, 0.2) is 5.78 Å². The highest BCUT2D eigenvalue weighted by Crippen LogP contribution is 2.25. The summed E-state index contributed by atoms with van der Waals surface area (Å²) in [5.74, 6) is 0.0874. The van der Waals surface area contributed by atoms with Gasteiger partial charge < -0.3 is 10.3 Å². The number of Topliss-reactive ketones (excluding diaryl/α,β-unsaturated/α-hetero) is 1. The minimum Gasteiger partial charge on any atom is -0.360 e. The number of aromatic amines is 1. The molecule has 0 spiro atoms. The van der Waals surface area contributed by atoms with Gasteiger partial charge in [0.2, 0.25) is 0 Å². The van der Waals surface area contributed by atoms with E-state index < -0.39 is 6.04 Å². The van der Waals surface area contributed by atoms with Crippen LogP contribution in [0.4, 0.5) is 0 Å². The molecule has 3 aromatic carbocycles. The van der Waals surface area contributed by atoms with Crippen molar-refractivity contribution in [3.8, 4) is 0 Å². The van der Waals surface area contributed by atoms with Crippen LogP contribution in [0.25, 0.3) is 10.9 Å². The van der Waals surface area contributed by atoms with Crippen molar-refractivity contribution in [2.75, 3.05) is 0 Å². The molecule has 4 rings (SSSR count). The van der Waals surface area contributed by atoms with Gasteiger partial charge in [0.05, 0.1) is 6.04 Å². The highest BCUT2D eigenvalue weighted by atomic mass is 16.1. The van der Waals surface area contributed by atoms with Crippen molar-refractivity contribution in [3.63, 3.8) is 0 Å². The molecule has 0 amide bonds. The molecule has 2 N–H and O–H groups in total. The van der Waals surface area contributed by atoms with Gasteiger partial charge in [-0.05, 0) is 37.5 Å². The number of nitrogens with one attached hydrogen (secondary N) is 2. The number of carbonyl (C=O) groups is 1. The first-order valence-electron chi connectivity index (χ1n) is 10.1. The van der Waals surface area contributed by atoms with E-state index in [4.69, 9.17) is 0 Å². The van der Waals surface area contributed by atoms with Crippen LogP contribution in [0.5, 0.6) is 0 Å². The molecule has 0 unspecified atom stereocenters. The number of ketones is 1. The van der Waals surface area contributed by atoms with Gasteiger partial charge in [0.1, 0.15) is 0 Å². The number of H-pyrrole nitrogens is 1. The number of hydrogen-bond donors (Lipinski definition) is 2. The molecule has 146 valence electrons. The summed E-state index contributed by atoms with van der Waals surface area (Å²) >= 11 is 0. The van der Waals surface area contributed by atoms with Gasteiger partial charge in [0.25, 0.3) is 0 Å². The molecule has 0 saturated heterocycles. The van der Waals surface area contributed by atoms with Crippen molar-refractivity contribution in [1.29, 1.82) is 0 Å². The van der Waals surface area contributed by atoms with E-state index in [1.165, 1.54) is 11.1 Å². The molecule has 0 aliphatic carbocycles. The van der Waals surface area contributed by atoms with E-state index in [0.29, 0.717) is 0 Å². The molecule has 0 aliphatic rings. The monoisotopic (exact) mass is 382 g/mol. The third kappa shape index (κ3) is 4.30. The maximum absolute atomic E-state index is 13.6. The lowest BCUT2D eigenvalue weighted by molar-refractivity contribution is 0.0938. The lowest BCUT2D eigenvalue weighted by atomic mass is 9.95. The Morgan fingerprint density at radius 2 is 1.62 bits per heavy atom. The predicted molar refractivity (Wildman–Crippen MR) is 119 cm³/mol. The van der Waals surface area contributed by atoms with E-state index in [9.17, 15) is 4.79 Å². The van der Waals surface area contributed by atoms with Crippen LogP contribution in [-0.4, -0.2) is 16.8 Å². The second-order valence-corrected chi connectivity index (χ2v) is 7.71. The summed E-state index contributed by atoms with van der Waals surface area (Å²) in [5.41, 5.74) is 5.21. The summed E-state index contributed by atoms with van der Waals surface area (Å²) in [4.78, 5) is 16.8. The van der Waals surface area contributed by atoms with Gasteiger partial charge in [-0.3, -0.25) is 4.79 Å². The first-order chi connectivity index (χ1) is 14.1. The van der Waals surface area contributed by atoms with E-state index in [1.54, 1.807) is 0 Å². The number of para-hydroxylation sites is 1. The van der Waals surface area contributed by atoms with E-state index in [1.807, 2.05) is 60.8 Å². The molecular formula is C26H26N2O. The normalized spacial score (nSPS) is 13.3. The first-order valence-corrected chi connectivity index (χ1v) is 10.1. The number of fused-ring (bicyclic) bond motifs is 1. The number of benzene rings is 3. The fourth-order valence-corrected chi connectivity index (χ4v) is 3.82. The summed E-state index contributed by atoms with van der Waals surface area (Å²) in [5, 5.41) is 4.55. The zero-order chi connectivity index (χ0) is 20.2. The molecule has 0 saturated carbocycles. The minimum atomic E-state index is -0.393. The average Bonchev–Trinajstić information content (AvgIpc) is 3.18. The van der Waals surface area contributed by atoms with Gasteiger partial charge in [0, 0.05) is 28.7 Å². The predicted octanol–water partition coefficient (Wildman–Crippen LogP) is 5.62. The zero-order valence-corrected chi connectivity index (χ0v) is 16.9. The fraction of sp³-hybridized carbons (Fsp3) is 0.192. The van der Waals surface area contributed by atoms with Crippen LogP contribution in [0.15, 0.2) is 85.1 Å². The van der Waals surface area contributed by atoms with E-state index >= 15 is 0 Å². The molecule has 2 atom stereocenters. The zero-order valence-electron chi connectivity index (χ0n) is 16.9. The Labute approximate surface area is 171 Å². The van der Waals surface area contributed by atoms with Gasteiger partial charge >= 0.3 is 0 Å². The van der Waals surface area contributed by atoms with Crippen LogP contribution in [0.2, 0.25) is 0 Å². The summed E-state index contributed by atoms with van der Waals surface area (Å²) in [6, 6.07) is 26.3. The topological polar surface area (TPSA) is 44.9 Å². The lowest BCUT2D eigenvalue weighted by Gasteiger charge is -2.23. The lowest BCUT2D eigenvalue weighted by Crippen LogP contribution is -2.36. The maximum Gasteiger partial charge on any atom is 0.186 e. The molecule has 0 fully saturated rings. The average molecular weight is 383 g/mol. The molecule has 0 radical (unpaired) electrons. The van der Waals surface area contributed by atoms with Crippen molar-refractivity contribution in [3.05, 3.63) is 107 Å². The second-order valence-electron chi connectivity index (χ2n) is 7.71.